The van der Waals surface area contributed by atoms with E-state index in [1.807, 2.05) is 13.8 Å². The van der Waals surface area contributed by atoms with Crippen LogP contribution in [0.4, 0.5) is 4.79 Å². The number of hydrogen-bond donors (Lipinski definition) is 3. The van der Waals surface area contributed by atoms with E-state index in [2.05, 4.69) is 20.9 Å². The quantitative estimate of drug-likeness (QED) is 0.622. The summed E-state index contributed by atoms with van der Waals surface area (Å²) in [5, 5.41) is 7.97. The third-order valence-corrected chi connectivity index (χ3v) is 3.21. The Balaban J connectivity index is 2.55. The van der Waals surface area contributed by atoms with Gasteiger partial charge >= 0.3 is 6.03 Å². The number of carbonyl (C=O) groups excluding carboxylic acids is 2. The van der Waals surface area contributed by atoms with Gasteiger partial charge in [0.15, 0.2) is 0 Å². The maximum atomic E-state index is 11.8. The molecule has 0 aromatic carbocycles. The van der Waals surface area contributed by atoms with E-state index in [1.54, 1.807) is 0 Å². The van der Waals surface area contributed by atoms with E-state index >= 15 is 0 Å². The molecule has 0 radical (unpaired) electrons. The summed E-state index contributed by atoms with van der Waals surface area (Å²) < 4.78 is 0. The molecule has 1 heterocycles. The summed E-state index contributed by atoms with van der Waals surface area (Å²) in [5.74, 6) is -0.252. The van der Waals surface area contributed by atoms with Crippen LogP contribution in [0.2, 0.25) is 0 Å². The van der Waals surface area contributed by atoms with Gasteiger partial charge in [-0.1, -0.05) is 6.92 Å². The molecule has 1 aliphatic rings. The van der Waals surface area contributed by atoms with Gasteiger partial charge in [0.2, 0.25) is 5.91 Å². The maximum Gasteiger partial charge on any atom is 0.321 e. The SMILES string of the molecule is CCN(C1CCNC1)C(C)C(=O)NC(=O)NC. The third-order valence-electron chi connectivity index (χ3n) is 3.21. The van der Waals surface area contributed by atoms with Gasteiger partial charge in [0.25, 0.3) is 0 Å². The minimum absolute atomic E-state index is 0.252. The Kier molecular flexibility index (Phi) is 5.37. The first-order chi connectivity index (χ1) is 8.10. The molecule has 0 aromatic heterocycles. The Bertz CT molecular complexity index is 277. The Morgan fingerprint density at radius 1 is 1.53 bits per heavy atom. The van der Waals surface area contributed by atoms with Crippen LogP contribution in [0, 0.1) is 0 Å². The van der Waals surface area contributed by atoms with Crippen LogP contribution in [-0.4, -0.2) is 55.6 Å². The highest BCUT2D eigenvalue weighted by molar-refractivity contribution is 5.96. The first kappa shape index (κ1) is 13.9. The lowest BCUT2D eigenvalue weighted by molar-refractivity contribution is -0.125. The molecule has 2 atom stereocenters. The molecule has 0 aromatic rings. The number of urea groups is 1. The zero-order chi connectivity index (χ0) is 12.8. The van der Waals surface area contributed by atoms with Crippen molar-refractivity contribution in [2.75, 3.05) is 26.7 Å². The summed E-state index contributed by atoms with van der Waals surface area (Å²) >= 11 is 0. The van der Waals surface area contributed by atoms with Crippen LogP contribution >= 0.6 is 0 Å². The highest BCUT2D eigenvalue weighted by Crippen LogP contribution is 2.12. The highest BCUT2D eigenvalue weighted by atomic mass is 16.2. The fraction of sp³-hybridized carbons (Fsp3) is 0.818. The van der Waals surface area contributed by atoms with Crippen LogP contribution in [0.3, 0.4) is 0 Å². The standard InChI is InChI=1S/C11H22N4O2/c1-4-15(9-5-6-13-7-9)8(2)10(16)14-11(17)12-3/h8-9,13H,4-7H2,1-3H3,(H2,12,14,16,17). The number of carbonyl (C=O) groups is 2. The molecule has 6 heteroatoms. The highest BCUT2D eigenvalue weighted by Gasteiger charge is 2.29. The molecule has 1 rings (SSSR count). The number of likely N-dealkylation sites (N-methyl/N-ethyl adjacent to an activating group) is 1. The lowest BCUT2D eigenvalue weighted by Crippen LogP contribution is -2.52. The van der Waals surface area contributed by atoms with Crippen molar-refractivity contribution in [1.82, 2.24) is 20.9 Å². The normalized spacial score (nSPS) is 21.3. The van der Waals surface area contributed by atoms with Gasteiger partial charge in [-0.05, 0) is 26.4 Å². The van der Waals surface area contributed by atoms with Crippen molar-refractivity contribution in [3.05, 3.63) is 0 Å². The van der Waals surface area contributed by atoms with Crippen molar-refractivity contribution in [3.63, 3.8) is 0 Å². The van der Waals surface area contributed by atoms with Gasteiger partial charge in [0, 0.05) is 19.6 Å². The summed E-state index contributed by atoms with van der Waals surface area (Å²) in [6.07, 6.45) is 1.05. The summed E-state index contributed by atoms with van der Waals surface area (Å²) in [4.78, 5) is 25.0. The van der Waals surface area contributed by atoms with Crippen LogP contribution in [0.1, 0.15) is 20.3 Å². The molecule has 6 nitrogen and oxygen atoms in total. The minimum atomic E-state index is -0.456. The molecule has 3 N–H and O–H groups in total. The van der Waals surface area contributed by atoms with Crippen molar-refractivity contribution in [3.8, 4) is 0 Å². The molecule has 0 saturated carbocycles. The lowest BCUT2D eigenvalue weighted by atomic mass is 10.1. The largest absolute Gasteiger partial charge is 0.341 e. The van der Waals surface area contributed by atoms with Gasteiger partial charge in [-0.2, -0.15) is 0 Å². The fourth-order valence-electron chi connectivity index (χ4n) is 2.20. The number of amides is 3. The third kappa shape index (κ3) is 3.67. The Morgan fingerprint density at radius 3 is 2.71 bits per heavy atom. The van der Waals surface area contributed by atoms with E-state index in [-0.39, 0.29) is 11.9 Å². The van der Waals surface area contributed by atoms with Crippen molar-refractivity contribution in [2.24, 2.45) is 0 Å². The van der Waals surface area contributed by atoms with Crippen molar-refractivity contribution < 1.29 is 9.59 Å². The smallest absolute Gasteiger partial charge is 0.321 e. The molecule has 0 aliphatic carbocycles. The molecule has 0 bridgehead atoms. The average molecular weight is 242 g/mol. The average Bonchev–Trinajstić information content (AvgIpc) is 2.83. The van der Waals surface area contributed by atoms with Gasteiger partial charge in [-0.3, -0.25) is 15.0 Å². The second kappa shape index (κ2) is 6.56. The Hall–Kier alpha value is -1.14. The van der Waals surface area contributed by atoms with Crippen molar-refractivity contribution >= 4 is 11.9 Å². The summed E-state index contributed by atoms with van der Waals surface area (Å²) in [6.45, 7) is 6.56. The maximum absolute atomic E-state index is 11.8. The predicted octanol–water partition coefficient (Wildman–Crippen LogP) is -0.486. The zero-order valence-electron chi connectivity index (χ0n) is 10.7. The molecule has 3 amide bonds. The van der Waals surface area contributed by atoms with Gasteiger partial charge in [0.1, 0.15) is 0 Å². The minimum Gasteiger partial charge on any atom is -0.341 e. The Morgan fingerprint density at radius 2 is 2.24 bits per heavy atom. The molecule has 17 heavy (non-hydrogen) atoms. The fourth-order valence-corrected chi connectivity index (χ4v) is 2.20. The van der Waals surface area contributed by atoms with Crippen molar-refractivity contribution in [1.29, 1.82) is 0 Å². The van der Waals surface area contributed by atoms with E-state index in [0.717, 1.165) is 26.1 Å². The lowest BCUT2D eigenvalue weighted by Gasteiger charge is -2.31. The molecule has 0 spiro atoms. The van der Waals surface area contributed by atoms with E-state index in [9.17, 15) is 9.59 Å². The van der Waals surface area contributed by atoms with Crippen LogP contribution in [0.5, 0.6) is 0 Å². The zero-order valence-corrected chi connectivity index (χ0v) is 10.7. The van der Waals surface area contributed by atoms with E-state index < -0.39 is 6.03 Å². The predicted molar refractivity (Wildman–Crippen MR) is 65.7 cm³/mol. The van der Waals surface area contributed by atoms with Crippen LogP contribution < -0.4 is 16.0 Å². The second-order valence-electron chi connectivity index (χ2n) is 4.22. The summed E-state index contributed by atoms with van der Waals surface area (Å²) in [7, 11) is 1.49. The molecule has 1 fully saturated rings. The number of nitrogens with one attached hydrogen (secondary N) is 3. The van der Waals surface area contributed by atoms with E-state index in [1.165, 1.54) is 7.05 Å². The first-order valence-corrected chi connectivity index (χ1v) is 6.09. The molecule has 2 unspecified atom stereocenters. The van der Waals surface area contributed by atoms with Crippen molar-refractivity contribution in [2.45, 2.75) is 32.4 Å². The van der Waals surface area contributed by atoms with E-state index in [0.29, 0.717) is 6.04 Å². The number of nitrogens with zero attached hydrogens (tertiary/aromatic N) is 1. The first-order valence-electron chi connectivity index (χ1n) is 6.09. The topological polar surface area (TPSA) is 73.5 Å². The molecular weight excluding hydrogens is 220 g/mol. The van der Waals surface area contributed by atoms with Crippen LogP contribution in [0.15, 0.2) is 0 Å². The number of imide groups is 1. The van der Waals surface area contributed by atoms with Gasteiger partial charge in [0.05, 0.1) is 6.04 Å². The van der Waals surface area contributed by atoms with Crippen LogP contribution in [0.25, 0.3) is 0 Å². The molecule has 98 valence electrons. The molecule has 1 aliphatic heterocycles. The van der Waals surface area contributed by atoms with Gasteiger partial charge < -0.3 is 10.6 Å². The molecular formula is C11H22N4O2. The monoisotopic (exact) mass is 242 g/mol. The Labute approximate surface area is 102 Å². The molecule has 1 saturated heterocycles. The van der Waals surface area contributed by atoms with Gasteiger partial charge in [-0.25, -0.2) is 4.79 Å². The van der Waals surface area contributed by atoms with Gasteiger partial charge in [-0.15, -0.1) is 0 Å². The van der Waals surface area contributed by atoms with E-state index in [4.69, 9.17) is 0 Å². The summed E-state index contributed by atoms with van der Waals surface area (Å²) in [6, 6.07) is -0.366. The number of rotatable bonds is 4. The summed E-state index contributed by atoms with van der Waals surface area (Å²) in [5.41, 5.74) is 0. The second-order valence-corrected chi connectivity index (χ2v) is 4.22. The number of hydrogen-bond acceptors (Lipinski definition) is 4. The van der Waals surface area contributed by atoms with Crippen LogP contribution in [-0.2, 0) is 4.79 Å².